The van der Waals surface area contributed by atoms with Crippen LogP contribution in [-0.2, 0) is 11.3 Å². The predicted octanol–water partition coefficient (Wildman–Crippen LogP) is 2.21. The van der Waals surface area contributed by atoms with E-state index in [1.165, 1.54) is 0 Å². The fraction of sp³-hybridized carbons (Fsp3) is 0.444. The molecule has 5 heteroatoms. The van der Waals surface area contributed by atoms with Crippen molar-refractivity contribution < 1.29 is 13.9 Å². The van der Waals surface area contributed by atoms with Crippen LogP contribution in [0.15, 0.2) is 16.5 Å². The number of nitrogens with one attached hydrogen (secondary N) is 1. The minimum absolute atomic E-state index is 0.169. The van der Waals surface area contributed by atoms with Crippen LogP contribution in [0.4, 0.5) is 4.79 Å². The van der Waals surface area contributed by atoms with Gasteiger partial charge in [0, 0.05) is 11.9 Å². The highest BCUT2D eigenvalue weighted by Crippen LogP contribution is 2.07. The first-order valence-electron chi connectivity index (χ1n) is 4.24. The maximum absolute atomic E-state index is 11.0. The Bertz CT molecular complexity index is 298. The monoisotopic (exact) mass is 261 g/mol. The van der Waals surface area contributed by atoms with Gasteiger partial charge in [0.05, 0.1) is 0 Å². The standard InChI is InChI=1S/C9H12BrNO3/c1-7-2-3-8(14-7)6-13-9(12)11-5-4-10/h2-3H,4-6H2,1H3,(H,11,12). The van der Waals surface area contributed by atoms with Gasteiger partial charge < -0.3 is 14.5 Å². The van der Waals surface area contributed by atoms with E-state index in [2.05, 4.69) is 21.2 Å². The molecule has 4 nitrogen and oxygen atoms in total. The van der Waals surface area contributed by atoms with E-state index in [0.717, 1.165) is 5.76 Å². The molecule has 0 saturated heterocycles. The summed E-state index contributed by atoms with van der Waals surface area (Å²) in [6.45, 7) is 2.56. The minimum atomic E-state index is -0.432. The smallest absolute Gasteiger partial charge is 0.407 e. The molecule has 1 aromatic heterocycles. The highest BCUT2D eigenvalue weighted by Gasteiger charge is 2.03. The maximum atomic E-state index is 11.0. The summed E-state index contributed by atoms with van der Waals surface area (Å²) in [6, 6.07) is 3.61. The molecule has 0 aliphatic rings. The van der Waals surface area contributed by atoms with Crippen LogP contribution in [0.25, 0.3) is 0 Å². The molecule has 1 N–H and O–H groups in total. The van der Waals surface area contributed by atoms with E-state index in [4.69, 9.17) is 9.15 Å². The second kappa shape index (κ2) is 5.70. The van der Waals surface area contributed by atoms with E-state index in [0.29, 0.717) is 17.6 Å². The van der Waals surface area contributed by atoms with Crippen LogP contribution in [0.3, 0.4) is 0 Å². The number of hydrogen-bond donors (Lipinski definition) is 1. The molecule has 1 heterocycles. The van der Waals surface area contributed by atoms with Gasteiger partial charge in [0.2, 0.25) is 0 Å². The summed E-state index contributed by atoms with van der Waals surface area (Å²) in [4.78, 5) is 11.0. The van der Waals surface area contributed by atoms with Gasteiger partial charge in [-0.15, -0.1) is 0 Å². The van der Waals surface area contributed by atoms with Gasteiger partial charge in [-0.2, -0.15) is 0 Å². The highest BCUT2D eigenvalue weighted by atomic mass is 79.9. The minimum Gasteiger partial charge on any atom is -0.463 e. The molecule has 14 heavy (non-hydrogen) atoms. The third-order valence-corrected chi connectivity index (χ3v) is 1.90. The van der Waals surface area contributed by atoms with Crippen LogP contribution >= 0.6 is 15.9 Å². The number of ether oxygens (including phenoxy) is 1. The summed E-state index contributed by atoms with van der Waals surface area (Å²) in [5.74, 6) is 1.46. The van der Waals surface area contributed by atoms with Crippen molar-refractivity contribution in [3.8, 4) is 0 Å². The summed E-state index contributed by atoms with van der Waals surface area (Å²) in [5.41, 5.74) is 0. The van der Waals surface area contributed by atoms with E-state index >= 15 is 0 Å². The maximum Gasteiger partial charge on any atom is 0.407 e. The molecule has 0 aromatic carbocycles. The number of carbonyl (C=O) groups is 1. The van der Waals surface area contributed by atoms with E-state index in [-0.39, 0.29) is 6.61 Å². The van der Waals surface area contributed by atoms with Gasteiger partial charge in [-0.05, 0) is 19.1 Å². The number of halogens is 1. The van der Waals surface area contributed by atoms with Crippen LogP contribution in [0.2, 0.25) is 0 Å². The summed E-state index contributed by atoms with van der Waals surface area (Å²) < 4.78 is 10.1. The summed E-state index contributed by atoms with van der Waals surface area (Å²) in [7, 11) is 0. The lowest BCUT2D eigenvalue weighted by Gasteiger charge is -2.03. The third kappa shape index (κ3) is 3.83. The van der Waals surface area contributed by atoms with Crippen molar-refractivity contribution in [1.82, 2.24) is 5.32 Å². The molecule has 1 amide bonds. The molecule has 0 aliphatic carbocycles. The summed E-state index contributed by atoms with van der Waals surface area (Å²) in [6.07, 6.45) is -0.432. The normalized spacial score (nSPS) is 9.86. The molecule has 1 aromatic rings. The first-order valence-corrected chi connectivity index (χ1v) is 5.36. The van der Waals surface area contributed by atoms with Gasteiger partial charge >= 0.3 is 6.09 Å². The van der Waals surface area contributed by atoms with E-state index in [9.17, 15) is 4.79 Å². The molecule has 0 aliphatic heterocycles. The number of aryl methyl sites for hydroxylation is 1. The lowest BCUT2D eigenvalue weighted by Crippen LogP contribution is -2.25. The van der Waals surface area contributed by atoms with Gasteiger partial charge in [-0.25, -0.2) is 4.79 Å². The molecule has 0 unspecified atom stereocenters. The SMILES string of the molecule is Cc1ccc(COC(=O)NCCBr)o1. The quantitative estimate of drug-likeness (QED) is 0.846. The Balaban J connectivity index is 2.23. The van der Waals surface area contributed by atoms with E-state index < -0.39 is 6.09 Å². The number of rotatable bonds is 4. The number of hydrogen-bond acceptors (Lipinski definition) is 3. The van der Waals surface area contributed by atoms with Gasteiger partial charge in [0.15, 0.2) is 6.61 Å². The second-order valence-electron chi connectivity index (χ2n) is 2.70. The molecule has 0 atom stereocenters. The Morgan fingerprint density at radius 3 is 3.00 bits per heavy atom. The molecule has 1 rings (SSSR count). The van der Waals surface area contributed by atoms with Crippen molar-refractivity contribution in [2.24, 2.45) is 0 Å². The average molecular weight is 262 g/mol. The molecule has 0 bridgehead atoms. The van der Waals surface area contributed by atoms with Gasteiger partial charge in [0.25, 0.3) is 0 Å². The summed E-state index contributed by atoms with van der Waals surface area (Å²) in [5, 5.41) is 3.27. The van der Waals surface area contributed by atoms with Crippen molar-refractivity contribution in [2.75, 3.05) is 11.9 Å². The van der Waals surface area contributed by atoms with Gasteiger partial charge in [0.1, 0.15) is 11.5 Å². The van der Waals surface area contributed by atoms with E-state index in [1.54, 1.807) is 6.07 Å². The van der Waals surface area contributed by atoms with Crippen molar-refractivity contribution in [3.63, 3.8) is 0 Å². The lowest BCUT2D eigenvalue weighted by molar-refractivity contribution is 0.131. The number of furan rings is 1. The fourth-order valence-corrected chi connectivity index (χ4v) is 1.10. The van der Waals surface area contributed by atoms with Crippen molar-refractivity contribution in [2.45, 2.75) is 13.5 Å². The number of amides is 1. The Morgan fingerprint density at radius 1 is 1.64 bits per heavy atom. The van der Waals surface area contributed by atoms with Crippen LogP contribution < -0.4 is 5.32 Å². The van der Waals surface area contributed by atoms with Crippen LogP contribution in [0.5, 0.6) is 0 Å². The van der Waals surface area contributed by atoms with Gasteiger partial charge in [-0.1, -0.05) is 15.9 Å². The number of alkyl halides is 1. The number of carbonyl (C=O) groups excluding carboxylic acids is 1. The van der Waals surface area contributed by atoms with Crippen LogP contribution in [0.1, 0.15) is 11.5 Å². The zero-order valence-electron chi connectivity index (χ0n) is 7.88. The zero-order chi connectivity index (χ0) is 10.4. The third-order valence-electron chi connectivity index (χ3n) is 1.51. The zero-order valence-corrected chi connectivity index (χ0v) is 9.46. The van der Waals surface area contributed by atoms with Crippen molar-refractivity contribution in [1.29, 1.82) is 0 Å². The first-order chi connectivity index (χ1) is 6.72. The van der Waals surface area contributed by atoms with Crippen molar-refractivity contribution >= 4 is 22.0 Å². The van der Waals surface area contributed by atoms with Gasteiger partial charge in [-0.3, -0.25) is 0 Å². The van der Waals surface area contributed by atoms with Crippen LogP contribution in [0, 0.1) is 6.92 Å². The highest BCUT2D eigenvalue weighted by molar-refractivity contribution is 9.09. The Kier molecular flexibility index (Phi) is 4.52. The average Bonchev–Trinajstić information content (AvgIpc) is 2.58. The largest absolute Gasteiger partial charge is 0.463 e. The summed E-state index contributed by atoms with van der Waals surface area (Å²) >= 11 is 3.19. The lowest BCUT2D eigenvalue weighted by atomic mass is 10.4. The number of alkyl carbamates (subject to hydrolysis) is 1. The molecular weight excluding hydrogens is 250 g/mol. The molecule has 0 fully saturated rings. The molecule has 0 radical (unpaired) electrons. The fourth-order valence-electron chi connectivity index (χ4n) is 0.900. The Morgan fingerprint density at radius 2 is 2.43 bits per heavy atom. The molecule has 78 valence electrons. The topological polar surface area (TPSA) is 51.5 Å². The Labute approximate surface area is 90.7 Å². The van der Waals surface area contributed by atoms with Crippen molar-refractivity contribution in [3.05, 3.63) is 23.7 Å². The van der Waals surface area contributed by atoms with Crippen LogP contribution in [-0.4, -0.2) is 18.0 Å². The molecule has 0 spiro atoms. The first kappa shape index (κ1) is 11.1. The Hall–Kier alpha value is -0.970. The molecular formula is C9H12BrNO3. The second-order valence-corrected chi connectivity index (χ2v) is 3.50. The predicted molar refractivity (Wildman–Crippen MR) is 55.4 cm³/mol. The van der Waals surface area contributed by atoms with E-state index in [1.807, 2.05) is 13.0 Å². The molecule has 0 saturated carbocycles.